The number of benzene rings is 1. The fraction of sp³-hybridized carbons (Fsp3) is 0.619. The van der Waals surface area contributed by atoms with Crippen LogP contribution in [-0.2, 0) is 84.9 Å². The molecule has 0 saturated heterocycles. The number of anilines is 2. The molecule has 0 radical (unpaired) electrons. The largest absolute Gasteiger partial charge is 0.471 e. The summed E-state index contributed by atoms with van der Waals surface area (Å²) in [4.78, 5) is 51.5. The summed E-state index contributed by atoms with van der Waals surface area (Å²) in [7, 11) is -4.04. The van der Waals surface area contributed by atoms with Crippen LogP contribution in [0.25, 0.3) is 11.2 Å². The summed E-state index contributed by atoms with van der Waals surface area (Å²) in [6.07, 6.45) is 1.70. The number of nitrogens with zero attached hydrogens (tertiary/aromatic N) is 5. The van der Waals surface area contributed by atoms with Crippen molar-refractivity contribution in [1.29, 1.82) is 0 Å². The molecule has 0 fully saturated rings. The number of ether oxygens (including phenoxy) is 11. The Bertz CT molecular complexity index is 2220. The van der Waals surface area contributed by atoms with Crippen molar-refractivity contribution < 1.29 is 74.9 Å². The number of imidazole rings is 1. The molecule has 0 spiro atoms. The summed E-state index contributed by atoms with van der Waals surface area (Å²) in [5, 5.41) is 17.1. The molecule has 4 rings (SSSR count). The number of nitrogen functional groups attached to an aromatic ring is 1. The van der Waals surface area contributed by atoms with Crippen molar-refractivity contribution in [2.45, 2.75) is 36.8 Å². The lowest BCUT2D eigenvalue weighted by Crippen LogP contribution is -2.29. The summed E-state index contributed by atoms with van der Waals surface area (Å²) < 4.78 is 82.8. The van der Waals surface area contributed by atoms with Gasteiger partial charge in [0.15, 0.2) is 11.2 Å². The molecule has 27 nitrogen and oxygen atoms in total. The fourth-order valence-corrected chi connectivity index (χ4v) is 7.06. The second-order valence-corrected chi connectivity index (χ2v) is 17.5. The lowest BCUT2D eigenvalue weighted by molar-refractivity contribution is -0.126. The number of sulfonamides is 1. The number of carbonyl (C=O) groups excluding carboxylic acids is 3. The van der Waals surface area contributed by atoms with E-state index in [4.69, 9.17) is 68.7 Å². The lowest BCUT2D eigenvalue weighted by atomic mass is 10.0. The molecule has 3 aromatic heterocycles. The van der Waals surface area contributed by atoms with Gasteiger partial charge in [0.2, 0.25) is 39.0 Å². The molecule has 1 aromatic carbocycles. The van der Waals surface area contributed by atoms with Crippen LogP contribution >= 0.6 is 11.3 Å². The highest BCUT2D eigenvalue weighted by Gasteiger charge is 2.22. The first-order valence-corrected chi connectivity index (χ1v) is 25.0. The molecule has 9 N–H and O–H groups in total. The molecule has 0 saturated carbocycles. The molecule has 0 aliphatic rings. The van der Waals surface area contributed by atoms with E-state index in [0.717, 1.165) is 11.1 Å². The molecule has 1 atom stereocenters. The maximum Gasteiger partial charge on any atom is 0.267 e. The highest BCUT2D eigenvalue weighted by molar-refractivity contribution is 7.91. The normalized spacial score (nSPS) is 12.1. The Balaban J connectivity index is 0.799. The summed E-state index contributed by atoms with van der Waals surface area (Å²) >= 11 is 0.590. The van der Waals surface area contributed by atoms with Gasteiger partial charge in [0.25, 0.3) is 10.0 Å². The SMILES string of the molecule is NC(=O)C(CCOCCOCCOCCOCCOCCOCCOCCOCCOCCOCCC(=O)NCc1ccc(COc2nc(N)nc3[nH]cnc23)cc1)CC(=O)Nc1nnc(S(N)(=O)=O)s1. The number of H-pyrrole nitrogens is 1. The number of aromatic amines is 1. The Morgan fingerprint density at radius 2 is 1.13 bits per heavy atom. The molecule has 29 heteroatoms. The van der Waals surface area contributed by atoms with E-state index in [2.05, 4.69) is 40.8 Å². The first kappa shape index (κ1) is 58.4. The number of aromatic nitrogens is 6. The predicted octanol–water partition coefficient (Wildman–Crippen LogP) is -0.294. The van der Waals surface area contributed by atoms with Crippen LogP contribution in [0.15, 0.2) is 34.9 Å². The average molecular weight is 1040 g/mol. The summed E-state index contributed by atoms with van der Waals surface area (Å²) in [6.45, 7) is 8.31. The molecular formula is C42H65N11O16S2. The molecule has 396 valence electrons. The smallest absolute Gasteiger partial charge is 0.267 e. The molecule has 71 heavy (non-hydrogen) atoms. The molecule has 3 amide bonds. The van der Waals surface area contributed by atoms with Crippen molar-refractivity contribution in [1.82, 2.24) is 35.5 Å². The Labute approximate surface area is 414 Å². The van der Waals surface area contributed by atoms with Gasteiger partial charge >= 0.3 is 0 Å². The van der Waals surface area contributed by atoms with E-state index < -0.39 is 32.1 Å². The Hall–Kier alpha value is -5.15. The van der Waals surface area contributed by atoms with Gasteiger partial charge in [-0.25, -0.2) is 18.5 Å². The molecule has 0 aliphatic carbocycles. The maximum atomic E-state index is 12.2. The Morgan fingerprint density at radius 3 is 1.61 bits per heavy atom. The van der Waals surface area contributed by atoms with Crippen molar-refractivity contribution >= 4 is 61.3 Å². The zero-order chi connectivity index (χ0) is 50.8. The van der Waals surface area contributed by atoms with E-state index >= 15 is 0 Å². The van der Waals surface area contributed by atoms with Crippen LogP contribution < -0.4 is 32.0 Å². The van der Waals surface area contributed by atoms with Gasteiger partial charge in [-0.3, -0.25) is 14.4 Å². The van der Waals surface area contributed by atoms with Gasteiger partial charge < -0.3 is 79.2 Å². The first-order valence-electron chi connectivity index (χ1n) is 22.6. The summed E-state index contributed by atoms with van der Waals surface area (Å²) in [5.41, 5.74) is 14.0. The second-order valence-electron chi connectivity index (χ2n) is 14.8. The van der Waals surface area contributed by atoms with Gasteiger partial charge in [-0.2, -0.15) is 9.97 Å². The van der Waals surface area contributed by atoms with Crippen LogP contribution in [0.3, 0.4) is 0 Å². The highest BCUT2D eigenvalue weighted by atomic mass is 32.2. The van der Waals surface area contributed by atoms with Crippen molar-refractivity contribution in [3.63, 3.8) is 0 Å². The molecule has 4 aromatic rings. The van der Waals surface area contributed by atoms with Crippen LogP contribution in [-0.4, -0.2) is 188 Å². The van der Waals surface area contributed by atoms with Gasteiger partial charge in [-0.1, -0.05) is 35.6 Å². The number of rotatable bonds is 43. The number of hydrogen-bond acceptors (Lipinski definition) is 23. The van der Waals surface area contributed by atoms with Crippen LogP contribution in [0.4, 0.5) is 11.1 Å². The van der Waals surface area contributed by atoms with E-state index in [1.54, 1.807) is 0 Å². The van der Waals surface area contributed by atoms with Gasteiger partial charge in [0.1, 0.15) is 6.61 Å². The van der Waals surface area contributed by atoms with Crippen molar-refractivity contribution in [2.75, 3.05) is 143 Å². The molecule has 0 bridgehead atoms. The minimum Gasteiger partial charge on any atom is -0.471 e. The number of hydrogen-bond donors (Lipinski definition) is 6. The zero-order valence-corrected chi connectivity index (χ0v) is 41.1. The standard InChI is InChI=1S/C42H65N11O16S2/c43-37(56)33(27-35(55)49-41-52-53-42(70-41)71(45,57)58)5-7-59-9-11-61-13-15-63-17-19-65-21-23-67-25-26-68-24-22-66-20-18-64-16-14-62-12-10-60-8-6-34(54)46-28-31-1-3-32(4-2-31)29-69-39-36-38(48-30-47-36)50-40(44)51-39/h1-4,30,33H,5-29H2,(H2,43,56)(H,46,54)(H2,45,57,58)(H,49,52,55)(H3,44,47,48,50,51). The Kier molecular flexibility index (Phi) is 28.8. The first-order chi connectivity index (χ1) is 34.5. The number of primary amides is 1. The van der Waals surface area contributed by atoms with Crippen LogP contribution in [0, 0.1) is 5.92 Å². The van der Waals surface area contributed by atoms with E-state index in [9.17, 15) is 22.8 Å². The van der Waals surface area contributed by atoms with Crippen molar-refractivity contribution in [3.8, 4) is 5.88 Å². The third kappa shape index (κ3) is 26.2. The minimum atomic E-state index is -4.04. The number of primary sulfonamides is 1. The lowest BCUT2D eigenvalue weighted by Gasteiger charge is -2.13. The van der Waals surface area contributed by atoms with E-state index in [-0.39, 0.29) is 62.7 Å². The Morgan fingerprint density at radius 1 is 0.648 bits per heavy atom. The van der Waals surface area contributed by atoms with Gasteiger partial charge in [0, 0.05) is 31.9 Å². The van der Waals surface area contributed by atoms with Crippen LogP contribution in [0.2, 0.25) is 0 Å². The van der Waals surface area contributed by atoms with Crippen LogP contribution in [0.1, 0.15) is 30.4 Å². The van der Waals surface area contributed by atoms with Crippen molar-refractivity contribution in [3.05, 3.63) is 41.7 Å². The fourth-order valence-electron chi connectivity index (χ4n) is 5.71. The van der Waals surface area contributed by atoms with Gasteiger partial charge in [-0.05, 0) is 17.5 Å². The van der Waals surface area contributed by atoms with Crippen LogP contribution in [0.5, 0.6) is 5.88 Å². The van der Waals surface area contributed by atoms with E-state index in [1.165, 1.54) is 6.33 Å². The number of amides is 3. The predicted molar refractivity (Wildman–Crippen MR) is 253 cm³/mol. The molecule has 1 unspecified atom stereocenters. The number of carbonyl (C=O) groups is 3. The number of fused-ring (bicyclic) bond motifs is 1. The van der Waals surface area contributed by atoms with Crippen molar-refractivity contribution in [2.24, 2.45) is 16.8 Å². The minimum absolute atomic E-state index is 0.0694. The number of nitrogens with one attached hydrogen (secondary N) is 3. The topological polar surface area (TPSA) is 369 Å². The quantitative estimate of drug-likeness (QED) is 0.0245. The monoisotopic (exact) mass is 1040 g/mol. The number of nitrogens with two attached hydrogens (primary N) is 3. The summed E-state index contributed by atoms with van der Waals surface area (Å²) in [6, 6.07) is 7.67. The third-order valence-corrected chi connectivity index (χ3v) is 11.5. The third-order valence-electron chi connectivity index (χ3n) is 9.32. The average Bonchev–Trinajstić information content (AvgIpc) is 4.03. The molecule has 3 heterocycles. The molecular weight excluding hydrogens is 979 g/mol. The van der Waals surface area contributed by atoms with E-state index in [0.29, 0.717) is 147 Å². The second kappa shape index (κ2) is 35.1. The van der Waals surface area contributed by atoms with Gasteiger partial charge in [-0.15, -0.1) is 10.2 Å². The van der Waals surface area contributed by atoms with E-state index in [1.807, 2.05) is 24.3 Å². The summed E-state index contributed by atoms with van der Waals surface area (Å²) in [5.74, 6) is -1.78. The molecule has 0 aliphatic heterocycles. The zero-order valence-electron chi connectivity index (χ0n) is 39.5. The highest BCUT2D eigenvalue weighted by Crippen LogP contribution is 2.22. The maximum absolute atomic E-state index is 12.2. The van der Waals surface area contributed by atoms with Gasteiger partial charge in [0.05, 0.1) is 132 Å².